The molecule has 1 N–H and O–H groups in total. The minimum absolute atomic E-state index is 0.0680. The normalized spacial score (nSPS) is 11.7. The fraction of sp³-hybridized carbons (Fsp3) is 0.200. The van der Waals surface area contributed by atoms with Crippen LogP contribution in [0.3, 0.4) is 0 Å². The second kappa shape index (κ2) is 7.62. The number of carbonyl (C=O) groups excluding carboxylic acids is 1. The Bertz CT molecular complexity index is 1200. The molecule has 0 aliphatic rings. The largest absolute Gasteiger partial charge is 0.433 e. The van der Waals surface area contributed by atoms with Gasteiger partial charge in [0.2, 0.25) is 0 Å². The maximum atomic E-state index is 13.6. The summed E-state index contributed by atoms with van der Waals surface area (Å²) in [5.74, 6) is -0.619. The van der Waals surface area contributed by atoms with Crippen LogP contribution in [0, 0.1) is 0 Å². The van der Waals surface area contributed by atoms with Crippen LogP contribution in [0.4, 0.5) is 18.9 Å². The Balaban J connectivity index is 1.77. The summed E-state index contributed by atoms with van der Waals surface area (Å²) in [6.07, 6.45) is 0.403. The number of aromatic nitrogens is 5. The quantitative estimate of drug-likeness (QED) is 0.529. The van der Waals surface area contributed by atoms with E-state index in [1.54, 1.807) is 41.2 Å². The van der Waals surface area contributed by atoms with Crippen molar-refractivity contribution in [2.24, 2.45) is 0 Å². The smallest absolute Gasteiger partial charge is 0.319 e. The molecule has 0 unspecified atom stereocenters. The summed E-state index contributed by atoms with van der Waals surface area (Å²) in [5.41, 5.74) is -0.229. The molecular weight excluding hydrogens is 397 g/mol. The average Bonchev–Trinajstić information content (AvgIpc) is 3.34. The molecular formula is C20H17F3N6O. The van der Waals surface area contributed by atoms with Crippen molar-refractivity contribution in [1.29, 1.82) is 0 Å². The first-order valence-corrected chi connectivity index (χ1v) is 9.22. The summed E-state index contributed by atoms with van der Waals surface area (Å²) < 4.78 is 43.2. The van der Waals surface area contributed by atoms with E-state index in [4.69, 9.17) is 0 Å². The van der Waals surface area contributed by atoms with E-state index in [0.29, 0.717) is 22.3 Å². The van der Waals surface area contributed by atoms with Crippen LogP contribution in [0.25, 0.3) is 16.9 Å². The zero-order chi connectivity index (χ0) is 21.3. The second-order valence-corrected chi connectivity index (χ2v) is 6.63. The van der Waals surface area contributed by atoms with E-state index in [9.17, 15) is 18.0 Å². The highest BCUT2D eigenvalue weighted by atomic mass is 19.4. The maximum Gasteiger partial charge on any atom is 0.433 e. The van der Waals surface area contributed by atoms with Crippen molar-refractivity contribution in [2.75, 3.05) is 5.32 Å². The number of anilines is 1. The first kappa shape index (κ1) is 19.6. The van der Waals surface area contributed by atoms with Crippen LogP contribution < -0.4 is 5.32 Å². The Kier molecular flexibility index (Phi) is 4.98. The lowest BCUT2D eigenvalue weighted by atomic mass is 10.1. The number of benzene rings is 1. The molecule has 0 aliphatic carbocycles. The third kappa shape index (κ3) is 3.76. The molecule has 4 aromatic rings. The van der Waals surface area contributed by atoms with Crippen LogP contribution in [-0.2, 0) is 12.7 Å². The molecule has 4 rings (SSSR count). The number of nitrogens with zero attached hydrogens (tertiary/aromatic N) is 5. The molecule has 1 aromatic carbocycles. The number of hydrogen-bond acceptors (Lipinski definition) is 4. The number of carbonyl (C=O) groups is 1. The average molecular weight is 414 g/mol. The van der Waals surface area contributed by atoms with Crippen molar-refractivity contribution < 1.29 is 18.0 Å². The molecule has 0 fully saturated rings. The maximum absolute atomic E-state index is 13.6. The Morgan fingerprint density at radius 1 is 1.13 bits per heavy atom. The number of amides is 1. The number of aryl methyl sites for hydroxylation is 1. The summed E-state index contributed by atoms with van der Waals surface area (Å²) in [6, 6.07) is 9.38. The molecule has 1 amide bonds. The predicted octanol–water partition coefficient (Wildman–Crippen LogP) is 4.27. The van der Waals surface area contributed by atoms with Crippen LogP contribution in [0.15, 0.2) is 55.0 Å². The molecule has 154 valence electrons. The van der Waals surface area contributed by atoms with Crippen LogP contribution >= 0.6 is 0 Å². The molecule has 0 bridgehead atoms. The van der Waals surface area contributed by atoms with Gasteiger partial charge in [-0.2, -0.15) is 23.4 Å². The first-order valence-electron chi connectivity index (χ1n) is 9.22. The zero-order valence-electron chi connectivity index (χ0n) is 15.9. The monoisotopic (exact) mass is 414 g/mol. The zero-order valence-corrected chi connectivity index (χ0v) is 15.9. The molecule has 0 atom stereocenters. The number of alkyl halides is 3. The van der Waals surface area contributed by atoms with Crippen molar-refractivity contribution in [3.8, 4) is 11.3 Å². The third-order valence-corrected chi connectivity index (χ3v) is 4.42. The van der Waals surface area contributed by atoms with Gasteiger partial charge in [0, 0.05) is 18.3 Å². The topological polar surface area (TPSA) is 77.1 Å². The van der Waals surface area contributed by atoms with Gasteiger partial charge in [-0.05, 0) is 12.5 Å². The van der Waals surface area contributed by atoms with Crippen LogP contribution in [0.1, 0.15) is 29.4 Å². The van der Waals surface area contributed by atoms with Gasteiger partial charge >= 0.3 is 6.18 Å². The van der Waals surface area contributed by atoms with E-state index in [2.05, 4.69) is 20.5 Å². The van der Waals surface area contributed by atoms with E-state index < -0.39 is 17.8 Å². The third-order valence-electron chi connectivity index (χ3n) is 4.42. The van der Waals surface area contributed by atoms with Gasteiger partial charge in [-0.15, -0.1) is 0 Å². The Morgan fingerprint density at radius 3 is 2.60 bits per heavy atom. The van der Waals surface area contributed by atoms with Gasteiger partial charge in [-0.3, -0.25) is 9.48 Å². The van der Waals surface area contributed by atoms with Gasteiger partial charge in [-0.25, -0.2) is 9.50 Å². The van der Waals surface area contributed by atoms with Crippen LogP contribution in [-0.4, -0.2) is 30.3 Å². The fourth-order valence-corrected chi connectivity index (χ4v) is 3.06. The molecule has 7 nitrogen and oxygen atoms in total. The van der Waals surface area contributed by atoms with Gasteiger partial charge in [0.1, 0.15) is 5.56 Å². The van der Waals surface area contributed by atoms with Crippen LogP contribution in [0.5, 0.6) is 0 Å². The molecule has 0 spiro atoms. The highest BCUT2D eigenvalue weighted by molar-refractivity contribution is 6.08. The molecule has 0 saturated carbocycles. The van der Waals surface area contributed by atoms with Crippen LogP contribution in [0.2, 0.25) is 0 Å². The first-order chi connectivity index (χ1) is 14.4. The Morgan fingerprint density at radius 2 is 1.90 bits per heavy atom. The number of rotatable bonds is 5. The molecule has 0 radical (unpaired) electrons. The minimum atomic E-state index is -4.67. The summed E-state index contributed by atoms with van der Waals surface area (Å²) in [5, 5.41) is 10.5. The number of hydrogen-bond donors (Lipinski definition) is 1. The molecule has 10 heteroatoms. The highest BCUT2D eigenvalue weighted by Crippen LogP contribution is 2.32. The second-order valence-electron chi connectivity index (χ2n) is 6.63. The number of halogens is 3. The van der Waals surface area contributed by atoms with E-state index in [1.807, 2.05) is 6.92 Å². The summed E-state index contributed by atoms with van der Waals surface area (Å²) in [6.45, 7) is 2.68. The van der Waals surface area contributed by atoms with E-state index in [1.165, 1.54) is 6.20 Å². The van der Waals surface area contributed by atoms with Gasteiger partial charge in [0.05, 0.1) is 23.8 Å². The van der Waals surface area contributed by atoms with Gasteiger partial charge in [0.25, 0.3) is 5.91 Å². The molecule has 0 aliphatic heterocycles. The lowest BCUT2D eigenvalue weighted by Gasteiger charge is -2.11. The van der Waals surface area contributed by atoms with Crippen molar-refractivity contribution in [2.45, 2.75) is 26.1 Å². The standard InChI is InChI=1S/C20H17F3N6O/c1-2-8-28-12-14(10-24-28)26-19(30)15-11-25-29-17(20(21,22)23)9-16(27-18(15)29)13-6-4-3-5-7-13/h3-7,9-12H,2,8H2,1H3,(H,26,30). The van der Waals surface area contributed by atoms with Crippen molar-refractivity contribution in [3.05, 3.63) is 66.2 Å². The van der Waals surface area contributed by atoms with E-state index in [-0.39, 0.29) is 16.9 Å². The van der Waals surface area contributed by atoms with Crippen molar-refractivity contribution in [3.63, 3.8) is 0 Å². The predicted molar refractivity (Wildman–Crippen MR) is 104 cm³/mol. The van der Waals surface area contributed by atoms with E-state index in [0.717, 1.165) is 18.7 Å². The summed E-state index contributed by atoms with van der Waals surface area (Å²) in [4.78, 5) is 17.0. The highest BCUT2D eigenvalue weighted by Gasteiger charge is 2.36. The van der Waals surface area contributed by atoms with Gasteiger partial charge in [-0.1, -0.05) is 37.3 Å². The van der Waals surface area contributed by atoms with Gasteiger partial charge in [0.15, 0.2) is 11.3 Å². The molecule has 0 saturated heterocycles. The summed E-state index contributed by atoms with van der Waals surface area (Å²) >= 11 is 0. The minimum Gasteiger partial charge on any atom is -0.319 e. The van der Waals surface area contributed by atoms with Crippen molar-refractivity contribution >= 4 is 17.2 Å². The Labute approximate surface area is 169 Å². The van der Waals surface area contributed by atoms with Gasteiger partial charge < -0.3 is 5.32 Å². The SMILES string of the molecule is CCCn1cc(NC(=O)c2cnn3c(C(F)(F)F)cc(-c4ccccc4)nc23)cn1. The molecule has 3 aromatic heterocycles. The molecule has 30 heavy (non-hydrogen) atoms. The van der Waals surface area contributed by atoms with E-state index >= 15 is 0 Å². The Hall–Kier alpha value is -3.69. The lowest BCUT2D eigenvalue weighted by molar-refractivity contribution is -0.142. The fourth-order valence-electron chi connectivity index (χ4n) is 3.06. The summed E-state index contributed by atoms with van der Waals surface area (Å²) in [7, 11) is 0. The molecule has 3 heterocycles. The lowest BCUT2D eigenvalue weighted by Crippen LogP contribution is -2.15. The number of nitrogens with one attached hydrogen (secondary N) is 1. The number of fused-ring (bicyclic) bond motifs is 1. The van der Waals surface area contributed by atoms with Crippen molar-refractivity contribution in [1.82, 2.24) is 24.4 Å².